The van der Waals surface area contributed by atoms with Crippen molar-refractivity contribution < 1.29 is 115 Å². The van der Waals surface area contributed by atoms with Gasteiger partial charge < -0.3 is 0 Å². The minimum absolute atomic E-state index is 0.691. The van der Waals surface area contributed by atoms with E-state index in [1.165, 1.54) is 10.8 Å². The maximum absolute atomic E-state index is 14.2. The number of hydrogen-bond donors (Lipinski definition) is 0. The number of alkyl halides is 24. The fourth-order valence-electron chi connectivity index (χ4n) is 8.62. The maximum Gasteiger partial charge on any atom is 0.416 e. The topological polar surface area (TPSA) is 13.1 Å². The van der Waals surface area contributed by atoms with E-state index in [1.54, 1.807) is 4.73 Å². The Kier molecular flexibility index (Phi) is 14.9. The summed E-state index contributed by atoms with van der Waals surface area (Å²) in [7, 11) is 0. The summed E-state index contributed by atoms with van der Waals surface area (Å²) < 4.78 is 343. The molecule has 0 spiro atoms. The van der Waals surface area contributed by atoms with Crippen LogP contribution in [0.15, 0.2) is 158 Å². The molecule has 0 amide bonds. The Morgan fingerprint density at radius 3 is 0.846 bits per heavy atom. The Morgan fingerprint density at radius 1 is 0.269 bits per heavy atom. The summed E-state index contributed by atoms with van der Waals surface area (Å²) >= 11 is 0. The van der Waals surface area contributed by atoms with Crippen LogP contribution in [0.3, 0.4) is 0 Å². The van der Waals surface area contributed by atoms with Crippen molar-refractivity contribution in [2.45, 2.75) is 49.4 Å². The van der Waals surface area contributed by atoms with Crippen LogP contribution in [0.25, 0.3) is 21.7 Å². The summed E-state index contributed by atoms with van der Waals surface area (Å²) in [5, 5.41) is 3.55. The molecule has 0 atom stereocenters. The third-order valence-electron chi connectivity index (χ3n) is 12.0. The van der Waals surface area contributed by atoms with Crippen molar-refractivity contribution in [1.82, 2.24) is 0 Å². The summed E-state index contributed by atoms with van der Waals surface area (Å²) in [5.41, 5.74) is -29.2. The van der Waals surface area contributed by atoms with Gasteiger partial charge >= 0.3 is 49.4 Å². The zero-order valence-corrected chi connectivity index (χ0v) is 38.0. The average molecular weight is 1140 g/mol. The number of aromatic nitrogens is 1. The molecule has 7 aromatic carbocycles. The molecule has 8 aromatic rings. The molecular formula is C51H26BF24NO. The molecule has 412 valence electrons. The Balaban J connectivity index is 0.000000344. The average Bonchev–Trinajstić information content (AvgIpc) is 3.54. The lowest BCUT2D eigenvalue weighted by Crippen LogP contribution is -2.75. The van der Waals surface area contributed by atoms with Crippen LogP contribution in [0.5, 0.6) is 5.75 Å². The summed E-state index contributed by atoms with van der Waals surface area (Å²) in [6.07, 6.45) is -52.9. The lowest BCUT2D eigenvalue weighted by molar-refractivity contribution is -0.854. The highest BCUT2D eigenvalue weighted by molar-refractivity contribution is 7.20. The van der Waals surface area contributed by atoms with Crippen LogP contribution < -0.4 is 31.4 Å². The number of pyridine rings is 1. The van der Waals surface area contributed by atoms with Gasteiger partial charge in [-0.1, -0.05) is 91.0 Å². The third kappa shape index (κ3) is 12.5. The molecule has 0 radical (unpaired) electrons. The largest absolute Gasteiger partial charge is 0.416 e. The van der Waals surface area contributed by atoms with Gasteiger partial charge in [0.1, 0.15) is 6.15 Å². The zero-order chi connectivity index (χ0) is 58.0. The van der Waals surface area contributed by atoms with Gasteiger partial charge in [0.25, 0.3) is 5.52 Å². The van der Waals surface area contributed by atoms with Gasteiger partial charge in [0.2, 0.25) is 11.9 Å². The van der Waals surface area contributed by atoms with Gasteiger partial charge in [-0.05, 0) is 59.3 Å². The van der Waals surface area contributed by atoms with E-state index in [9.17, 15) is 105 Å². The van der Waals surface area contributed by atoms with Gasteiger partial charge in [-0.2, -0.15) is 127 Å². The van der Waals surface area contributed by atoms with Gasteiger partial charge in [-0.3, -0.25) is 0 Å². The Bertz CT molecular complexity index is 3070. The van der Waals surface area contributed by atoms with Crippen molar-refractivity contribution in [3.05, 3.63) is 202 Å². The fraction of sp³-hybridized carbons (Fsp3) is 0.157. The van der Waals surface area contributed by atoms with E-state index in [-0.39, 0.29) is 0 Å². The number of rotatable bonds is 6. The first-order valence-corrected chi connectivity index (χ1v) is 21.6. The summed E-state index contributed by atoms with van der Waals surface area (Å²) in [5.74, 6) is 0.829. The van der Waals surface area contributed by atoms with Crippen molar-refractivity contribution in [3.63, 3.8) is 0 Å². The highest BCUT2D eigenvalue weighted by atomic mass is 19.4. The molecule has 0 saturated carbocycles. The van der Waals surface area contributed by atoms with Gasteiger partial charge in [-0.15, -0.1) is 0 Å². The SMILES string of the molecule is FC(F)(F)c1cc([B-](c2cc(C(F)(F)F)cc(C(F)(F)F)c2)(c2cc(C(F)(F)F)cc(C(F)(F)F)c2)c2cc(C(F)(F)F)cc(C(F)(F)F)c2)cc(C(F)(F)F)c1.c1ccc2cc(O[n+]3cccc4ccccc43)ccc2c1. The minimum atomic E-state index is -6.13. The van der Waals surface area contributed by atoms with Gasteiger partial charge in [0.05, 0.1) is 49.9 Å². The highest BCUT2D eigenvalue weighted by Gasteiger charge is 2.47. The monoisotopic (exact) mass is 1140 g/mol. The van der Waals surface area contributed by atoms with Crippen LogP contribution in [0.1, 0.15) is 44.5 Å². The van der Waals surface area contributed by atoms with Crippen molar-refractivity contribution in [2.75, 3.05) is 0 Å². The Morgan fingerprint density at radius 2 is 0.538 bits per heavy atom. The van der Waals surface area contributed by atoms with E-state index in [1.807, 2.05) is 42.6 Å². The normalized spacial score (nSPS) is 13.4. The van der Waals surface area contributed by atoms with Crippen LogP contribution in [-0.4, -0.2) is 6.15 Å². The fourth-order valence-corrected chi connectivity index (χ4v) is 8.62. The summed E-state index contributed by atoms with van der Waals surface area (Å²) in [4.78, 5) is 6.02. The second-order valence-corrected chi connectivity index (χ2v) is 17.2. The molecule has 27 heteroatoms. The first-order chi connectivity index (χ1) is 35.7. The van der Waals surface area contributed by atoms with Gasteiger partial charge in [-0.25, -0.2) is 4.84 Å². The van der Waals surface area contributed by atoms with Crippen LogP contribution in [0, 0.1) is 0 Å². The standard InChI is InChI=1S/C32H12BF24.C19H14NO/c34-25(35,36)13-1-14(26(37,38)39)6-21(5-13)33(22-7-15(27(40,41)42)2-16(8-22)28(43,44)45,23-9-17(29(46,47)48)3-18(10-23)30(49,50)51)24-11-19(31(52,53)54)4-20(12-24)32(55,56)57;1-2-8-17-14-18(12-11-15(17)6-1)21-20-13-5-9-16-7-3-4-10-19(16)20/h1-12H;1-14H/q-1;+1. The van der Waals surface area contributed by atoms with E-state index in [0.717, 1.165) is 16.7 Å². The Labute approximate surface area is 421 Å². The number of para-hydroxylation sites is 1. The van der Waals surface area contributed by atoms with Gasteiger partial charge in [0, 0.05) is 16.9 Å². The lowest BCUT2D eigenvalue weighted by atomic mass is 9.12. The quantitative estimate of drug-likeness (QED) is 0.0919. The minimum Gasteiger partial charge on any atom is -0.231 e. The van der Waals surface area contributed by atoms with Crippen molar-refractivity contribution >= 4 is 49.7 Å². The molecular weight excluding hydrogens is 1110 g/mol. The van der Waals surface area contributed by atoms with E-state index in [2.05, 4.69) is 42.5 Å². The lowest BCUT2D eigenvalue weighted by Gasteiger charge is -2.46. The van der Waals surface area contributed by atoms with Crippen molar-refractivity contribution in [2.24, 2.45) is 0 Å². The molecule has 0 saturated heterocycles. The maximum atomic E-state index is 14.2. The van der Waals surface area contributed by atoms with Crippen molar-refractivity contribution in [1.29, 1.82) is 0 Å². The van der Waals surface area contributed by atoms with Gasteiger partial charge in [0.15, 0.2) is 0 Å². The smallest absolute Gasteiger partial charge is 0.231 e. The number of halogens is 24. The van der Waals surface area contributed by atoms with Crippen LogP contribution in [0.4, 0.5) is 105 Å². The predicted molar refractivity (Wildman–Crippen MR) is 234 cm³/mol. The van der Waals surface area contributed by atoms with Crippen molar-refractivity contribution in [3.8, 4) is 5.75 Å². The van der Waals surface area contributed by atoms with E-state index in [0.29, 0.717) is 0 Å². The number of hydrogen-bond acceptors (Lipinski definition) is 1. The molecule has 0 aliphatic rings. The molecule has 78 heavy (non-hydrogen) atoms. The number of benzene rings is 7. The zero-order valence-electron chi connectivity index (χ0n) is 38.0. The number of fused-ring (bicyclic) bond motifs is 2. The van der Waals surface area contributed by atoms with E-state index in [4.69, 9.17) is 4.84 Å². The highest BCUT2D eigenvalue weighted by Crippen LogP contribution is 2.41. The summed E-state index contributed by atoms with van der Waals surface area (Å²) in [6, 6.07) is 17.8. The third-order valence-corrected chi connectivity index (χ3v) is 12.0. The molecule has 2 nitrogen and oxygen atoms in total. The number of nitrogens with zero attached hydrogens (tertiary/aromatic N) is 1. The second kappa shape index (κ2) is 20.0. The first kappa shape index (κ1) is 58.1. The van der Waals surface area contributed by atoms with Crippen LogP contribution >= 0.6 is 0 Å². The molecule has 1 heterocycles. The van der Waals surface area contributed by atoms with E-state index >= 15 is 0 Å². The van der Waals surface area contributed by atoms with Crippen LogP contribution in [-0.2, 0) is 49.4 Å². The molecule has 8 rings (SSSR count). The molecule has 1 aromatic heterocycles. The molecule has 0 fully saturated rings. The molecule has 0 aliphatic heterocycles. The molecule has 0 bridgehead atoms. The predicted octanol–water partition coefficient (Wildman–Crippen LogP) is 15.3. The molecule has 0 unspecified atom stereocenters. The van der Waals surface area contributed by atoms with E-state index < -0.39 is 195 Å². The molecule has 0 aliphatic carbocycles. The Hall–Kier alpha value is -7.61. The molecule has 0 N–H and O–H groups in total. The summed E-state index contributed by atoms with van der Waals surface area (Å²) in [6.45, 7) is 0. The first-order valence-electron chi connectivity index (χ1n) is 21.6. The van der Waals surface area contributed by atoms with Crippen LogP contribution in [0.2, 0.25) is 0 Å². The second-order valence-electron chi connectivity index (χ2n) is 17.2.